The Morgan fingerprint density at radius 3 is 2.71 bits per heavy atom. The number of carbonyl (C=O) groups excluding carboxylic acids is 1. The van der Waals surface area contributed by atoms with Gasteiger partial charge in [0.15, 0.2) is 10.8 Å². The molecule has 1 aromatic carbocycles. The number of aromatic nitrogens is 4. The molecule has 0 aliphatic rings. The number of nitrogens with zero attached hydrogens (tertiary/aromatic N) is 5. The van der Waals surface area contributed by atoms with Gasteiger partial charge in [-0.25, -0.2) is 4.68 Å². The number of likely N-dealkylation sites (N-methyl/N-ethyl adjacent to an activating group) is 1. The number of pyridine rings is 1. The van der Waals surface area contributed by atoms with Crippen molar-refractivity contribution in [1.82, 2.24) is 25.1 Å². The zero-order valence-electron chi connectivity index (χ0n) is 15.7. The van der Waals surface area contributed by atoms with Gasteiger partial charge < -0.3 is 10.2 Å². The minimum Gasteiger partial charge on any atom is -0.349 e. The summed E-state index contributed by atoms with van der Waals surface area (Å²) in [4.78, 5) is 23.1. The number of rotatable bonds is 6. The maximum atomic E-state index is 12.3. The summed E-state index contributed by atoms with van der Waals surface area (Å²) in [6, 6.07) is 15.6. The summed E-state index contributed by atoms with van der Waals surface area (Å²) in [5.41, 5.74) is 3.53. The van der Waals surface area contributed by atoms with Crippen LogP contribution in [0.25, 0.3) is 16.0 Å². The van der Waals surface area contributed by atoms with Crippen LogP contribution in [0.5, 0.6) is 0 Å². The fourth-order valence-corrected chi connectivity index (χ4v) is 3.81. The van der Waals surface area contributed by atoms with Gasteiger partial charge in [0, 0.05) is 13.2 Å². The molecule has 7 nitrogen and oxygen atoms in total. The Kier molecular flexibility index (Phi) is 5.03. The standard InChI is InChI=1S/C20H20N6OS/c1-14-18-19(26(24-14)16-9-4-3-5-10-16)23-20(28-18)25(2)13-17(27)22-12-15-8-6-7-11-21-15/h3-11H,12-13H2,1-2H3,(H,22,27). The molecule has 0 aliphatic heterocycles. The van der Waals surface area contributed by atoms with Crippen LogP contribution in [0.3, 0.4) is 0 Å². The lowest BCUT2D eigenvalue weighted by molar-refractivity contribution is -0.119. The third-order valence-electron chi connectivity index (χ3n) is 4.28. The van der Waals surface area contributed by atoms with Crippen molar-refractivity contribution in [1.29, 1.82) is 0 Å². The van der Waals surface area contributed by atoms with Crippen LogP contribution in [0.15, 0.2) is 54.7 Å². The van der Waals surface area contributed by atoms with Crippen LogP contribution in [-0.4, -0.2) is 39.2 Å². The van der Waals surface area contributed by atoms with E-state index in [1.54, 1.807) is 17.5 Å². The highest BCUT2D eigenvalue weighted by atomic mass is 32.1. The van der Waals surface area contributed by atoms with Gasteiger partial charge in [0.25, 0.3) is 0 Å². The number of benzene rings is 1. The van der Waals surface area contributed by atoms with Crippen molar-refractivity contribution in [2.45, 2.75) is 13.5 Å². The lowest BCUT2D eigenvalue weighted by Gasteiger charge is -2.15. The molecule has 3 aromatic heterocycles. The van der Waals surface area contributed by atoms with Gasteiger partial charge in [0.2, 0.25) is 5.91 Å². The number of carbonyl (C=O) groups is 1. The van der Waals surface area contributed by atoms with E-state index >= 15 is 0 Å². The van der Waals surface area contributed by atoms with Gasteiger partial charge >= 0.3 is 0 Å². The third-order valence-corrected chi connectivity index (χ3v) is 5.55. The molecule has 0 saturated heterocycles. The third kappa shape index (κ3) is 3.72. The maximum Gasteiger partial charge on any atom is 0.239 e. The Morgan fingerprint density at radius 2 is 1.96 bits per heavy atom. The topological polar surface area (TPSA) is 75.9 Å². The number of fused-ring (bicyclic) bond motifs is 1. The van der Waals surface area contributed by atoms with E-state index in [9.17, 15) is 4.79 Å². The number of hydrogen-bond acceptors (Lipinski definition) is 6. The molecule has 4 aromatic rings. The zero-order valence-corrected chi connectivity index (χ0v) is 16.5. The molecule has 3 heterocycles. The molecule has 0 aliphatic carbocycles. The Bertz CT molecular complexity index is 1090. The first kappa shape index (κ1) is 18.1. The summed E-state index contributed by atoms with van der Waals surface area (Å²) < 4.78 is 2.87. The van der Waals surface area contributed by atoms with Crippen molar-refractivity contribution in [3.63, 3.8) is 0 Å². The van der Waals surface area contributed by atoms with Crippen molar-refractivity contribution in [2.75, 3.05) is 18.5 Å². The number of thiazole rings is 1. The van der Waals surface area contributed by atoms with E-state index in [0.29, 0.717) is 6.54 Å². The molecule has 0 unspecified atom stereocenters. The SMILES string of the molecule is Cc1nn(-c2ccccc2)c2nc(N(C)CC(=O)NCc3ccccn3)sc12. The van der Waals surface area contributed by atoms with Crippen LogP contribution in [0.1, 0.15) is 11.4 Å². The van der Waals surface area contributed by atoms with Crippen molar-refractivity contribution in [2.24, 2.45) is 0 Å². The van der Waals surface area contributed by atoms with Gasteiger partial charge in [0.05, 0.1) is 34.9 Å². The summed E-state index contributed by atoms with van der Waals surface area (Å²) in [6.07, 6.45) is 1.72. The molecule has 28 heavy (non-hydrogen) atoms. The summed E-state index contributed by atoms with van der Waals surface area (Å²) in [6.45, 7) is 2.61. The number of aryl methyl sites for hydroxylation is 1. The minimum atomic E-state index is -0.0752. The second kappa shape index (κ2) is 7.77. The van der Waals surface area contributed by atoms with Gasteiger partial charge in [-0.3, -0.25) is 9.78 Å². The predicted molar refractivity (Wildman–Crippen MR) is 111 cm³/mol. The van der Waals surface area contributed by atoms with E-state index in [-0.39, 0.29) is 12.5 Å². The Labute approximate surface area is 166 Å². The lowest BCUT2D eigenvalue weighted by atomic mass is 10.3. The monoisotopic (exact) mass is 392 g/mol. The van der Waals surface area contributed by atoms with Gasteiger partial charge in [-0.15, -0.1) is 0 Å². The molecule has 0 atom stereocenters. The molecule has 8 heteroatoms. The first-order valence-electron chi connectivity index (χ1n) is 8.91. The number of nitrogens with one attached hydrogen (secondary N) is 1. The van der Waals surface area contributed by atoms with Crippen molar-refractivity contribution >= 4 is 32.7 Å². The van der Waals surface area contributed by atoms with E-state index in [2.05, 4.69) is 15.4 Å². The minimum absolute atomic E-state index is 0.0752. The van der Waals surface area contributed by atoms with Crippen molar-refractivity contribution in [3.05, 3.63) is 66.1 Å². The molecule has 0 fully saturated rings. The van der Waals surface area contributed by atoms with Crippen LogP contribution < -0.4 is 10.2 Å². The molecule has 0 bridgehead atoms. The number of para-hydroxylation sites is 1. The number of anilines is 1. The van der Waals surface area contributed by atoms with E-state index in [1.165, 1.54) is 0 Å². The smallest absolute Gasteiger partial charge is 0.239 e. The van der Waals surface area contributed by atoms with Gasteiger partial charge in [0.1, 0.15) is 0 Å². The zero-order chi connectivity index (χ0) is 19.5. The number of amides is 1. The quantitative estimate of drug-likeness (QED) is 0.546. The normalized spacial score (nSPS) is 10.9. The second-order valence-corrected chi connectivity index (χ2v) is 7.41. The van der Waals surface area contributed by atoms with E-state index < -0.39 is 0 Å². The summed E-state index contributed by atoms with van der Waals surface area (Å²) in [5, 5.41) is 8.28. The molecule has 0 saturated carbocycles. The van der Waals surface area contributed by atoms with E-state index in [4.69, 9.17) is 4.98 Å². The first-order valence-corrected chi connectivity index (χ1v) is 9.73. The van der Waals surface area contributed by atoms with Crippen molar-refractivity contribution < 1.29 is 4.79 Å². The molecular formula is C20H20N6OS. The van der Waals surface area contributed by atoms with Crippen LogP contribution >= 0.6 is 11.3 Å². The highest BCUT2D eigenvalue weighted by Crippen LogP contribution is 2.31. The van der Waals surface area contributed by atoms with Crippen LogP contribution in [0.4, 0.5) is 5.13 Å². The van der Waals surface area contributed by atoms with Crippen LogP contribution in [0.2, 0.25) is 0 Å². The highest BCUT2D eigenvalue weighted by Gasteiger charge is 2.18. The fourth-order valence-electron chi connectivity index (χ4n) is 2.87. The molecule has 0 radical (unpaired) electrons. The maximum absolute atomic E-state index is 12.3. The Morgan fingerprint density at radius 1 is 1.18 bits per heavy atom. The summed E-state index contributed by atoms with van der Waals surface area (Å²) in [5.74, 6) is -0.0752. The Balaban J connectivity index is 1.48. The molecule has 1 N–H and O–H groups in total. The highest BCUT2D eigenvalue weighted by molar-refractivity contribution is 7.22. The average Bonchev–Trinajstić information content (AvgIpc) is 3.29. The fraction of sp³-hybridized carbons (Fsp3) is 0.200. The largest absolute Gasteiger partial charge is 0.349 e. The second-order valence-electron chi connectivity index (χ2n) is 6.44. The lowest BCUT2D eigenvalue weighted by Crippen LogP contribution is -2.34. The van der Waals surface area contributed by atoms with E-state index in [1.807, 2.05) is 72.1 Å². The van der Waals surface area contributed by atoms with Crippen LogP contribution in [0, 0.1) is 6.92 Å². The molecule has 4 rings (SSSR count). The Hall–Kier alpha value is -3.26. The molecule has 1 amide bonds. The molecule has 0 spiro atoms. The van der Waals surface area contributed by atoms with Crippen molar-refractivity contribution in [3.8, 4) is 5.69 Å². The molecule has 142 valence electrons. The molecular weight excluding hydrogens is 372 g/mol. The van der Waals surface area contributed by atoms with Gasteiger partial charge in [-0.05, 0) is 31.2 Å². The van der Waals surface area contributed by atoms with Gasteiger partial charge in [-0.1, -0.05) is 35.6 Å². The number of hydrogen-bond donors (Lipinski definition) is 1. The average molecular weight is 392 g/mol. The van der Waals surface area contributed by atoms with E-state index in [0.717, 1.165) is 32.6 Å². The first-order chi connectivity index (χ1) is 13.6. The summed E-state index contributed by atoms with van der Waals surface area (Å²) in [7, 11) is 1.87. The van der Waals surface area contributed by atoms with Gasteiger partial charge in [-0.2, -0.15) is 10.1 Å². The summed E-state index contributed by atoms with van der Waals surface area (Å²) >= 11 is 1.54. The predicted octanol–water partition coefficient (Wildman–Crippen LogP) is 2.94. The van der Waals surface area contributed by atoms with Crippen LogP contribution in [-0.2, 0) is 11.3 Å².